The molecule has 0 bridgehead atoms. The lowest BCUT2D eigenvalue weighted by atomic mass is 9.87. The summed E-state index contributed by atoms with van der Waals surface area (Å²) in [5.41, 5.74) is 8.41. The zero-order valence-electron chi connectivity index (χ0n) is 10.6. The van der Waals surface area contributed by atoms with E-state index in [-0.39, 0.29) is 6.04 Å². The molecule has 1 aromatic heterocycles. The molecule has 2 aromatic rings. The molecule has 94 valence electrons. The van der Waals surface area contributed by atoms with E-state index in [9.17, 15) is 0 Å². The molecule has 0 spiro atoms. The zero-order chi connectivity index (χ0) is 12.5. The van der Waals surface area contributed by atoms with Gasteiger partial charge in [-0.1, -0.05) is 18.2 Å². The summed E-state index contributed by atoms with van der Waals surface area (Å²) in [5.74, 6) is 0.342. The van der Waals surface area contributed by atoms with Crippen molar-refractivity contribution in [1.82, 2.24) is 14.9 Å². The van der Waals surface area contributed by atoms with Gasteiger partial charge in [0, 0.05) is 23.9 Å². The van der Waals surface area contributed by atoms with Crippen LogP contribution in [0.5, 0.6) is 0 Å². The normalized spacial score (nSPS) is 25.4. The first-order valence-corrected chi connectivity index (χ1v) is 6.39. The Morgan fingerprint density at radius 1 is 1.28 bits per heavy atom. The standard InChI is InChI=1S/C14H18N4/c1-18-7-6-10(12(15)8-18)14-11-4-2-3-5-13(11)16-9-17-14/h2-5,9-10,12H,6-8,15H2,1H3. The zero-order valence-corrected chi connectivity index (χ0v) is 10.6. The first-order chi connectivity index (χ1) is 8.75. The third-order valence-electron chi connectivity index (χ3n) is 3.79. The molecular weight excluding hydrogens is 224 g/mol. The van der Waals surface area contributed by atoms with Crippen LogP contribution in [0.1, 0.15) is 18.0 Å². The van der Waals surface area contributed by atoms with Crippen molar-refractivity contribution in [2.45, 2.75) is 18.4 Å². The molecule has 1 aromatic carbocycles. The topological polar surface area (TPSA) is 55.0 Å². The predicted octanol–water partition coefficient (Wildman–Crippen LogP) is 1.38. The Kier molecular flexibility index (Phi) is 2.97. The molecule has 1 aliphatic rings. The van der Waals surface area contributed by atoms with Gasteiger partial charge in [0.1, 0.15) is 6.33 Å². The van der Waals surface area contributed by atoms with E-state index in [0.717, 1.165) is 36.1 Å². The molecule has 0 amide bonds. The molecule has 0 radical (unpaired) electrons. The number of benzene rings is 1. The average Bonchev–Trinajstić information content (AvgIpc) is 2.38. The minimum atomic E-state index is 0.155. The number of nitrogens with two attached hydrogens (primary N) is 1. The summed E-state index contributed by atoms with van der Waals surface area (Å²) < 4.78 is 0. The summed E-state index contributed by atoms with van der Waals surface area (Å²) in [6, 6.07) is 8.32. The molecule has 0 saturated carbocycles. The lowest BCUT2D eigenvalue weighted by Crippen LogP contribution is -2.45. The van der Waals surface area contributed by atoms with Crippen molar-refractivity contribution in [3.8, 4) is 0 Å². The summed E-state index contributed by atoms with van der Waals surface area (Å²) >= 11 is 0. The van der Waals surface area contributed by atoms with Gasteiger partial charge in [-0.15, -0.1) is 0 Å². The molecule has 3 rings (SSSR count). The van der Waals surface area contributed by atoms with Crippen molar-refractivity contribution in [3.05, 3.63) is 36.3 Å². The summed E-state index contributed by atoms with van der Waals surface area (Å²) in [5, 5.41) is 1.14. The molecule has 2 unspecified atom stereocenters. The number of piperidine rings is 1. The number of hydrogen-bond acceptors (Lipinski definition) is 4. The lowest BCUT2D eigenvalue weighted by molar-refractivity contribution is 0.227. The summed E-state index contributed by atoms with van der Waals surface area (Å²) in [4.78, 5) is 11.1. The van der Waals surface area contributed by atoms with Crippen LogP contribution in [0.15, 0.2) is 30.6 Å². The second-order valence-corrected chi connectivity index (χ2v) is 5.10. The van der Waals surface area contributed by atoms with Gasteiger partial charge < -0.3 is 10.6 Å². The molecule has 1 aliphatic heterocycles. The maximum absolute atomic E-state index is 6.29. The van der Waals surface area contributed by atoms with Gasteiger partial charge in [-0.2, -0.15) is 0 Å². The molecule has 1 fully saturated rings. The van der Waals surface area contributed by atoms with Gasteiger partial charge in [0.2, 0.25) is 0 Å². The highest BCUT2D eigenvalue weighted by atomic mass is 15.1. The molecule has 2 atom stereocenters. The molecule has 2 heterocycles. The Morgan fingerprint density at radius 3 is 2.94 bits per heavy atom. The van der Waals surface area contributed by atoms with Crippen molar-refractivity contribution in [3.63, 3.8) is 0 Å². The molecular formula is C14H18N4. The van der Waals surface area contributed by atoms with Gasteiger partial charge in [-0.05, 0) is 26.1 Å². The highest BCUT2D eigenvalue weighted by molar-refractivity contribution is 5.81. The summed E-state index contributed by atoms with van der Waals surface area (Å²) in [6.07, 6.45) is 2.72. The first kappa shape index (κ1) is 11.6. The second-order valence-electron chi connectivity index (χ2n) is 5.10. The number of likely N-dealkylation sites (tertiary alicyclic amines) is 1. The lowest BCUT2D eigenvalue weighted by Gasteiger charge is -2.34. The van der Waals surface area contributed by atoms with E-state index in [1.54, 1.807) is 6.33 Å². The Balaban J connectivity index is 2.04. The van der Waals surface area contributed by atoms with E-state index in [1.807, 2.05) is 18.2 Å². The SMILES string of the molecule is CN1CCC(c2ncnc3ccccc23)C(N)C1. The maximum Gasteiger partial charge on any atom is 0.116 e. The first-order valence-electron chi connectivity index (χ1n) is 6.39. The van der Waals surface area contributed by atoms with Crippen molar-refractivity contribution < 1.29 is 0 Å². The van der Waals surface area contributed by atoms with Crippen molar-refractivity contribution >= 4 is 10.9 Å². The highest BCUT2D eigenvalue weighted by Gasteiger charge is 2.28. The van der Waals surface area contributed by atoms with Crippen molar-refractivity contribution in [1.29, 1.82) is 0 Å². The number of aromatic nitrogens is 2. The Hall–Kier alpha value is -1.52. The number of fused-ring (bicyclic) bond motifs is 1. The Bertz CT molecular complexity index is 549. The molecule has 4 heteroatoms. The van der Waals surface area contributed by atoms with E-state index < -0.39 is 0 Å². The Morgan fingerprint density at radius 2 is 2.11 bits per heavy atom. The predicted molar refractivity (Wildman–Crippen MR) is 72.4 cm³/mol. The van der Waals surface area contributed by atoms with Gasteiger partial charge in [-0.25, -0.2) is 9.97 Å². The second kappa shape index (κ2) is 4.63. The number of likely N-dealkylation sites (N-methyl/N-ethyl adjacent to an activating group) is 1. The van der Waals surface area contributed by atoms with Crippen LogP contribution in [-0.2, 0) is 0 Å². The van der Waals surface area contributed by atoms with Crippen LogP contribution in [-0.4, -0.2) is 41.0 Å². The molecule has 18 heavy (non-hydrogen) atoms. The van der Waals surface area contributed by atoms with Crippen LogP contribution in [0.2, 0.25) is 0 Å². The largest absolute Gasteiger partial charge is 0.326 e. The van der Waals surface area contributed by atoms with Crippen LogP contribution in [0.3, 0.4) is 0 Å². The minimum absolute atomic E-state index is 0.155. The molecule has 4 nitrogen and oxygen atoms in total. The summed E-state index contributed by atoms with van der Waals surface area (Å²) in [7, 11) is 2.12. The van der Waals surface area contributed by atoms with Gasteiger partial charge >= 0.3 is 0 Å². The number of nitrogens with zero attached hydrogens (tertiary/aromatic N) is 3. The van der Waals surface area contributed by atoms with E-state index >= 15 is 0 Å². The fourth-order valence-corrected chi connectivity index (χ4v) is 2.81. The van der Waals surface area contributed by atoms with Crippen molar-refractivity contribution in [2.24, 2.45) is 5.73 Å². The van der Waals surface area contributed by atoms with Gasteiger partial charge in [-0.3, -0.25) is 0 Å². The van der Waals surface area contributed by atoms with Crippen LogP contribution >= 0.6 is 0 Å². The average molecular weight is 242 g/mol. The van der Waals surface area contributed by atoms with Crippen LogP contribution in [0.25, 0.3) is 10.9 Å². The van der Waals surface area contributed by atoms with Gasteiger partial charge in [0.25, 0.3) is 0 Å². The number of para-hydroxylation sites is 1. The van der Waals surface area contributed by atoms with E-state index in [2.05, 4.69) is 28.0 Å². The van der Waals surface area contributed by atoms with E-state index in [1.165, 1.54) is 0 Å². The molecule has 0 aliphatic carbocycles. The maximum atomic E-state index is 6.29. The van der Waals surface area contributed by atoms with Crippen molar-refractivity contribution in [2.75, 3.05) is 20.1 Å². The Labute approximate surface area is 107 Å². The van der Waals surface area contributed by atoms with Gasteiger partial charge in [0.05, 0.1) is 11.2 Å². The number of rotatable bonds is 1. The number of hydrogen-bond donors (Lipinski definition) is 1. The fourth-order valence-electron chi connectivity index (χ4n) is 2.81. The molecule has 1 saturated heterocycles. The van der Waals surface area contributed by atoms with E-state index in [4.69, 9.17) is 5.73 Å². The molecule has 2 N–H and O–H groups in total. The summed E-state index contributed by atoms with van der Waals surface area (Å²) in [6.45, 7) is 2.01. The fraction of sp³-hybridized carbons (Fsp3) is 0.429. The monoisotopic (exact) mass is 242 g/mol. The third kappa shape index (κ3) is 1.98. The van der Waals surface area contributed by atoms with Crippen LogP contribution in [0, 0.1) is 0 Å². The van der Waals surface area contributed by atoms with Gasteiger partial charge in [0.15, 0.2) is 0 Å². The highest BCUT2D eigenvalue weighted by Crippen LogP contribution is 2.29. The third-order valence-corrected chi connectivity index (χ3v) is 3.79. The van der Waals surface area contributed by atoms with Crippen LogP contribution < -0.4 is 5.73 Å². The van der Waals surface area contributed by atoms with Crippen LogP contribution in [0.4, 0.5) is 0 Å². The van der Waals surface area contributed by atoms with E-state index in [0.29, 0.717) is 5.92 Å². The smallest absolute Gasteiger partial charge is 0.116 e. The quantitative estimate of drug-likeness (QED) is 0.820. The minimum Gasteiger partial charge on any atom is -0.326 e.